The molecule has 0 unspecified atom stereocenters. The number of aryl methyl sites for hydroxylation is 1. The molecule has 0 atom stereocenters. The Morgan fingerprint density at radius 3 is 2.20 bits per heavy atom. The molecule has 4 rings (SSSR count). The highest BCUT2D eigenvalue weighted by Crippen LogP contribution is 2.38. The van der Waals surface area contributed by atoms with Crippen LogP contribution in [0.15, 0.2) is 39.5 Å². The molecule has 1 aromatic heterocycles. The fraction of sp³-hybridized carbons (Fsp3) is 0.304. The molecule has 1 aliphatic rings. The minimum absolute atomic E-state index is 0.233. The predicted octanol–water partition coefficient (Wildman–Crippen LogP) is 3.92. The third kappa shape index (κ3) is 3.47. The summed E-state index contributed by atoms with van der Waals surface area (Å²) in [5.41, 5.74) is 2.13. The molecule has 0 radical (unpaired) electrons. The molecule has 7 heteroatoms. The van der Waals surface area contributed by atoms with Gasteiger partial charge in [0.1, 0.15) is 11.3 Å². The van der Waals surface area contributed by atoms with Crippen LogP contribution in [0.25, 0.3) is 11.0 Å². The van der Waals surface area contributed by atoms with E-state index in [-0.39, 0.29) is 16.9 Å². The van der Waals surface area contributed by atoms with Crippen LogP contribution in [-0.4, -0.2) is 27.3 Å². The standard InChI is InChI=1S/C23H22O7/c1-26-19-10-13(11-20(27-2)21(19)28-3)22(24)29-14-8-9-16-15-6-4-5-7-17(15)23(25)30-18(16)12-14/h8-12H,4-7H2,1-3H3. The highest BCUT2D eigenvalue weighted by Gasteiger charge is 2.20. The average molecular weight is 410 g/mol. The minimum atomic E-state index is -0.603. The Morgan fingerprint density at radius 1 is 0.900 bits per heavy atom. The van der Waals surface area contributed by atoms with Gasteiger partial charge in [-0.05, 0) is 55.5 Å². The number of hydrogen-bond acceptors (Lipinski definition) is 7. The summed E-state index contributed by atoms with van der Waals surface area (Å²) in [6.07, 6.45) is 3.63. The molecule has 0 spiro atoms. The topological polar surface area (TPSA) is 84.2 Å². The van der Waals surface area contributed by atoms with Crippen LogP contribution in [0.2, 0.25) is 0 Å². The van der Waals surface area contributed by atoms with E-state index in [0.717, 1.165) is 42.2 Å². The van der Waals surface area contributed by atoms with Gasteiger partial charge in [0.2, 0.25) is 5.75 Å². The Bertz CT molecular complexity index is 1150. The predicted molar refractivity (Wildman–Crippen MR) is 110 cm³/mol. The number of esters is 1. The lowest BCUT2D eigenvalue weighted by Crippen LogP contribution is -2.16. The normalized spacial score (nSPS) is 12.9. The van der Waals surface area contributed by atoms with Gasteiger partial charge < -0.3 is 23.4 Å². The molecule has 0 amide bonds. The van der Waals surface area contributed by atoms with Crippen molar-refractivity contribution in [3.63, 3.8) is 0 Å². The lowest BCUT2D eigenvalue weighted by Gasteiger charge is -2.16. The van der Waals surface area contributed by atoms with Gasteiger partial charge in [-0.25, -0.2) is 9.59 Å². The van der Waals surface area contributed by atoms with Crippen LogP contribution in [0.1, 0.15) is 34.3 Å². The van der Waals surface area contributed by atoms with E-state index in [2.05, 4.69) is 0 Å². The quantitative estimate of drug-likeness (QED) is 0.358. The fourth-order valence-electron chi connectivity index (χ4n) is 3.85. The molecule has 0 saturated heterocycles. The lowest BCUT2D eigenvalue weighted by atomic mass is 9.91. The molecule has 3 aromatic rings. The van der Waals surface area contributed by atoms with Crippen LogP contribution in [0.4, 0.5) is 0 Å². The van der Waals surface area contributed by atoms with E-state index < -0.39 is 5.97 Å². The first-order chi connectivity index (χ1) is 14.5. The van der Waals surface area contributed by atoms with Gasteiger partial charge in [0.15, 0.2) is 11.5 Å². The van der Waals surface area contributed by atoms with Crippen molar-refractivity contribution in [3.8, 4) is 23.0 Å². The molecule has 1 aliphatic carbocycles. The number of rotatable bonds is 5. The number of fused-ring (bicyclic) bond motifs is 3. The van der Waals surface area contributed by atoms with Gasteiger partial charge in [-0.3, -0.25) is 0 Å². The molecule has 0 N–H and O–H groups in total. The smallest absolute Gasteiger partial charge is 0.343 e. The SMILES string of the molecule is COc1cc(C(=O)Oc2ccc3c4c(c(=O)oc3c2)CCCC4)cc(OC)c1OC. The second-order valence-corrected chi connectivity index (χ2v) is 7.02. The first-order valence-corrected chi connectivity index (χ1v) is 9.66. The van der Waals surface area contributed by atoms with Crippen molar-refractivity contribution in [2.24, 2.45) is 0 Å². The van der Waals surface area contributed by atoms with E-state index in [9.17, 15) is 9.59 Å². The molecule has 2 aromatic carbocycles. The molecular formula is C23H22O7. The Morgan fingerprint density at radius 2 is 1.57 bits per heavy atom. The molecule has 0 fully saturated rings. The maximum Gasteiger partial charge on any atom is 0.343 e. The number of ether oxygens (including phenoxy) is 4. The molecule has 1 heterocycles. The minimum Gasteiger partial charge on any atom is -0.493 e. The maximum absolute atomic E-state index is 12.7. The highest BCUT2D eigenvalue weighted by atomic mass is 16.5. The molecule has 0 saturated carbocycles. The first-order valence-electron chi connectivity index (χ1n) is 9.66. The number of hydrogen-bond donors (Lipinski definition) is 0. The van der Waals surface area contributed by atoms with Gasteiger partial charge >= 0.3 is 11.6 Å². The molecule has 0 aliphatic heterocycles. The van der Waals surface area contributed by atoms with Crippen molar-refractivity contribution in [2.75, 3.05) is 21.3 Å². The zero-order valence-electron chi connectivity index (χ0n) is 17.1. The van der Waals surface area contributed by atoms with Crippen molar-refractivity contribution < 1.29 is 28.2 Å². The number of carbonyl (C=O) groups excluding carboxylic acids is 1. The zero-order chi connectivity index (χ0) is 21.3. The Balaban J connectivity index is 1.67. The number of benzene rings is 2. The molecular weight excluding hydrogens is 388 g/mol. The number of carbonyl (C=O) groups is 1. The Hall–Kier alpha value is -3.48. The summed E-state index contributed by atoms with van der Waals surface area (Å²) in [5, 5.41) is 0.886. The van der Waals surface area contributed by atoms with Crippen molar-refractivity contribution >= 4 is 16.9 Å². The third-order valence-electron chi connectivity index (χ3n) is 5.31. The van der Waals surface area contributed by atoms with Crippen LogP contribution < -0.4 is 24.6 Å². The summed E-state index contributed by atoms with van der Waals surface area (Å²) < 4.78 is 26.8. The van der Waals surface area contributed by atoms with Crippen LogP contribution in [0, 0.1) is 0 Å². The molecule has 156 valence electrons. The summed E-state index contributed by atoms with van der Waals surface area (Å²) in [6.45, 7) is 0. The lowest BCUT2D eigenvalue weighted by molar-refractivity contribution is 0.0734. The van der Waals surface area contributed by atoms with E-state index in [4.69, 9.17) is 23.4 Å². The highest BCUT2D eigenvalue weighted by molar-refractivity contribution is 5.93. The Labute approximate surface area is 173 Å². The van der Waals surface area contributed by atoms with E-state index in [0.29, 0.717) is 22.8 Å². The van der Waals surface area contributed by atoms with Crippen molar-refractivity contribution in [1.29, 1.82) is 0 Å². The van der Waals surface area contributed by atoms with Gasteiger partial charge in [0.25, 0.3) is 0 Å². The Kier molecular flexibility index (Phi) is 5.35. The van der Waals surface area contributed by atoms with Gasteiger partial charge in [-0.1, -0.05) is 0 Å². The van der Waals surface area contributed by atoms with Gasteiger partial charge in [-0.2, -0.15) is 0 Å². The second-order valence-electron chi connectivity index (χ2n) is 7.02. The fourth-order valence-corrected chi connectivity index (χ4v) is 3.85. The molecule has 7 nitrogen and oxygen atoms in total. The summed E-state index contributed by atoms with van der Waals surface area (Å²) in [4.78, 5) is 25.0. The largest absolute Gasteiger partial charge is 0.493 e. The summed E-state index contributed by atoms with van der Waals surface area (Å²) in [7, 11) is 4.43. The summed E-state index contributed by atoms with van der Waals surface area (Å²) in [6, 6.07) is 8.14. The van der Waals surface area contributed by atoms with E-state index in [1.54, 1.807) is 12.1 Å². The van der Waals surface area contributed by atoms with Crippen molar-refractivity contribution in [1.82, 2.24) is 0 Å². The van der Waals surface area contributed by atoms with Crippen molar-refractivity contribution in [3.05, 3.63) is 57.4 Å². The van der Waals surface area contributed by atoms with Gasteiger partial charge in [0, 0.05) is 17.0 Å². The van der Waals surface area contributed by atoms with Gasteiger partial charge in [0.05, 0.1) is 26.9 Å². The monoisotopic (exact) mass is 410 g/mol. The van der Waals surface area contributed by atoms with Crippen LogP contribution in [0.5, 0.6) is 23.0 Å². The summed E-state index contributed by atoms with van der Waals surface area (Å²) in [5.74, 6) is 0.753. The maximum atomic E-state index is 12.7. The van der Waals surface area contributed by atoms with Crippen molar-refractivity contribution in [2.45, 2.75) is 25.7 Å². The van der Waals surface area contributed by atoms with E-state index in [1.165, 1.54) is 33.5 Å². The van der Waals surface area contributed by atoms with E-state index in [1.807, 2.05) is 6.07 Å². The van der Waals surface area contributed by atoms with Crippen LogP contribution in [-0.2, 0) is 12.8 Å². The number of methoxy groups -OCH3 is 3. The van der Waals surface area contributed by atoms with Crippen LogP contribution in [0.3, 0.4) is 0 Å². The average Bonchev–Trinajstić information content (AvgIpc) is 2.78. The van der Waals surface area contributed by atoms with Crippen LogP contribution >= 0.6 is 0 Å². The molecule has 0 bridgehead atoms. The third-order valence-corrected chi connectivity index (χ3v) is 5.31. The zero-order valence-corrected chi connectivity index (χ0v) is 17.1. The van der Waals surface area contributed by atoms with Gasteiger partial charge in [-0.15, -0.1) is 0 Å². The summed E-state index contributed by atoms with van der Waals surface area (Å²) >= 11 is 0. The first kappa shape index (κ1) is 19.8. The second kappa shape index (κ2) is 8.10. The molecule has 30 heavy (non-hydrogen) atoms. The van der Waals surface area contributed by atoms with E-state index >= 15 is 0 Å².